The van der Waals surface area contributed by atoms with E-state index in [4.69, 9.17) is 4.74 Å². The first kappa shape index (κ1) is 18.5. The van der Waals surface area contributed by atoms with Gasteiger partial charge in [-0.15, -0.1) is 11.3 Å². The van der Waals surface area contributed by atoms with Crippen molar-refractivity contribution in [3.05, 3.63) is 70.4 Å². The van der Waals surface area contributed by atoms with Crippen LogP contribution in [-0.2, 0) is 23.1 Å². The van der Waals surface area contributed by atoms with Crippen LogP contribution in [0.5, 0.6) is 5.75 Å². The van der Waals surface area contributed by atoms with E-state index in [9.17, 15) is 8.42 Å². The first-order chi connectivity index (χ1) is 12.5. The lowest BCUT2D eigenvalue weighted by atomic mass is 10.2. The zero-order valence-electron chi connectivity index (χ0n) is 14.3. The lowest BCUT2D eigenvalue weighted by Crippen LogP contribution is -2.26. The average Bonchev–Trinajstić information content (AvgIpc) is 3.09. The van der Waals surface area contributed by atoms with Crippen LogP contribution in [0.3, 0.4) is 0 Å². The topological polar surface area (TPSA) is 81.2 Å². The molecule has 0 aliphatic heterocycles. The van der Waals surface area contributed by atoms with Crippen LogP contribution >= 0.6 is 11.3 Å². The van der Waals surface area contributed by atoms with E-state index in [1.54, 1.807) is 37.5 Å². The smallest absolute Gasteiger partial charge is 0.240 e. The van der Waals surface area contributed by atoms with Gasteiger partial charge in [0.25, 0.3) is 0 Å². The Kier molecular flexibility index (Phi) is 5.97. The van der Waals surface area contributed by atoms with Crippen molar-refractivity contribution >= 4 is 21.4 Å². The number of hydrogen-bond donors (Lipinski definition) is 1. The van der Waals surface area contributed by atoms with Gasteiger partial charge in [-0.2, -0.15) is 0 Å². The Balaban J connectivity index is 1.51. The van der Waals surface area contributed by atoms with Crippen molar-refractivity contribution < 1.29 is 13.2 Å². The second-order valence-corrected chi connectivity index (χ2v) is 8.30. The van der Waals surface area contributed by atoms with Crippen LogP contribution in [0.4, 0.5) is 0 Å². The molecule has 6 nitrogen and oxygen atoms in total. The van der Waals surface area contributed by atoms with Gasteiger partial charge in [-0.25, -0.2) is 18.1 Å². The molecule has 0 amide bonds. The summed E-state index contributed by atoms with van der Waals surface area (Å²) in [7, 11) is -3.51. The summed E-state index contributed by atoms with van der Waals surface area (Å²) < 4.78 is 32.9. The van der Waals surface area contributed by atoms with Gasteiger partial charge in [-0.3, -0.25) is 4.98 Å². The first-order valence-electron chi connectivity index (χ1n) is 8.06. The fraction of sp³-hybridized carbons (Fsp3) is 0.222. The van der Waals surface area contributed by atoms with E-state index in [2.05, 4.69) is 14.7 Å². The van der Waals surface area contributed by atoms with Gasteiger partial charge < -0.3 is 4.74 Å². The van der Waals surface area contributed by atoms with Gasteiger partial charge in [0.05, 0.1) is 16.8 Å². The molecule has 0 aliphatic rings. The first-order valence-corrected chi connectivity index (χ1v) is 10.4. The van der Waals surface area contributed by atoms with Crippen molar-refractivity contribution in [2.75, 3.05) is 6.54 Å². The Morgan fingerprint density at radius 3 is 2.81 bits per heavy atom. The molecule has 2 heterocycles. The number of hydrogen-bond acceptors (Lipinski definition) is 6. The van der Waals surface area contributed by atoms with Crippen molar-refractivity contribution in [3.8, 4) is 5.75 Å². The molecule has 2 aromatic heterocycles. The highest BCUT2D eigenvalue weighted by molar-refractivity contribution is 7.89. The molecular weight excluding hydrogens is 370 g/mol. The minimum atomic E-state index is -3.51. The lowest BCUT2D eigenvalue weighted by molar-refractivity contribution is 0.304. The Hall–Kier alpha value is -2.29. The summed E-state index contributed by atoms with van der Waals surface area (Å²) in [6.45, 7) is 2.44. The number of pyridine rings is 1. The van der Waals surface area contributed by atoms with Crippen LogP contribution in [0.25, 0.3) is 0 Å². The Morgan fingerprint density at radius 1 is 1.19 bits per heavy atom. The maximum atomic E-state index is 12.4. The van der Waals surface area contributed by atoms with Crippen LogP contribution in [0.1, 0.15) is 16.3 Å². The zero-order valence-corrected chi connectivity index (χ0v) is 15.9. The van der Waals surface area contributed by atoms with Crippen molar-refractivity contribution in [2.24, 2.45) is 0 Å². The molecule has 8 heteroatoms. The molecule has 3 aromatic rings. The molecular formula is C18H19N3O3S2. The summed E-state index contributed by atoms with van der Waals surface area (Å²) >= 11 is 1.49. The average molecular weight is 390 g/mol. The SMILES string of the molecule is Cc1ccccc1S(=O)(=O)NCCc1csc(COc2cccnc2)n1. The normalized spacial score (nSPS) is 11.4. The summed E-state index contributed by atoms with van der Waals surface area (Å²) in [4.78, 5) is 8.77. The molecule has 3 rings (SSSR count). The van der Waals surface area contributed by atoms with Crippen molar-refractivity contribution in [2.45, 2.75) is 24.8 Å². The Bertz CT molecular complexity index is 957. The maximum Gasteiger partial charge on any atom is 0.240 e. The van der Waals surface area contributed by atoms with Gasteiger partial charge in [0.2, 0.25) is 10.0 Å². The third-order valence-corrected chi connectivity index (χ3v) is 6.14. The summed E-state index contributed by atoms with van der Waals surface area (Å²) in [5.41, 5.74) is 1.57. The van der Waals surface area contributed by atoms with E-state index in [1.165, 1.54) is 11.3 Å². The van der Waals surface area contributed by atoms with Crippen LogP contribution in [0.2, 0.25) is 0 Å². The number of benzene rings is 1. The maximum absolute atomic E-state index is 12.4. The number of nitrogens with zero attached hydrogens (tertiary/aromatic N) is 2. The molecule has 0 fully saturated rings. The van der Waals surface area contributed by atoms with Crippen molar-refractivity contribution in [1.29, 1.82) is 0 Å². The number of aryl methyl sites for hydroxylation is 1. The third-order valence-electron chi connectivity index (χ3n) is 3.65. The minimum Gasteiger partial charge on any atom is -0.485 e. The molecule has 0 atom stereocenters. The number of rotatable bonds is 8. The summed E-state index contributed by atoms with van der Waals surface area (Å²) in [6.07, 6.45) is 3.86. The molecule has 0 unspecified atom stereocenters. The number of nitrogens with one attached hydrogen (secondary N) is 1. The molecule has 1 aromatic carbocycles. The monoisotopic (exact) mass is 389 g/mol. The second-order valence-electron chi connectivity index (χ2n) is 5.62. The molecule has 0 saturated heterocycles. The molecule has 0 aliphatic carbocycles. The standard InChI is InChI=1S/C18H19N3O3S2/c1-14-5-2-3-7-17(14)26(22,23)20-10-8-15-13-25-18(21-15)12-24-16-6-4-9-19-11-16/h2-7,9,11,13,20H,8,10,12H2,1H3. The highest BCUT2D eigenvalue weighted by Gasteiger charge is 2.15. The molecule has 0 radical (unpaired) electrons. The highest BCUT2D eigenvalue weighted by Crippen LogP contribution is 2.16. The highest BCUT2D eigenvalue weighted by atomic mass is 32.2. The van der Waals surface area contributed by atoms with E-state index in [0.717, 1.165) is 16.3 Å². The zero-order chi connectivity index (χ0) is 18.4. The Labute approximate surface area is 157 Å². The fourth-order valence-corrected chi connectivity index (χ4v) is 4.37. The van der Waals surface area contributed by atoms with E-state index in [0.29, 0.717) is 30.2 Å². The van der Waals surface area contributed by atoms with Crippen LogP contribution in [-0.4, -0.2) is 24.9 Å². The van der Waals surface area contributed by atoms with Crippen molar-refractivity contribution in [1.82, 2.24) is 14.7 Å². The van der Waals surface area contributed by atoms with Gasteiger partial charge in [-0.1, -0.05) is 18.2 Å². The van der Waals surface area contributed by atoms with E-state index in [1.807, 2.05) is 23.6 Å². The van der Waals surface area contributed by atoms with Gasteiger partial charge in [0.15, 0.2) is 0 Å². The molecule has 136 valence electrons. The lowest BCUT2D eigenvalue weighted by Gasteiger charge is -2.08. The van der Waals surface area contributed by atoms with Crippen LogP contribution < -0.4 is 9.46 Å². The largest absolute Gasteiger partial charge is 0.485 e. The molecule has 1 N–H and O–H groups in total. The fourth-order valence-electron chi connectivity index (χ4n) is 2.36. The van der Waals surface area contributed by atoms with Crippen molar-refractivity contribution in [3.63, 3.8) is 0 Å². The van der Waals surface area contributed by atoms with Gasteiger partial charge >= 0.3 is 0 Å². The molecule has 0 saturated carbocycles. The van der Waals surface area contributed by atoms with E-state index in [-0.39, 0.29) is 0 Å². The molecule has 26 heavy (non-hydrogen) atoms. The predicted molar refractivity (Wildman–Crippen MR) is 101 cm³/mol. The molecule has 0 spiro atoms. The minimum absolute atomic E-state index is 0.295. The Morgan fingerprint density at radius 2 is 2.04 bits per heavy atom. The summed E-state index contributed by atoms with van der Waals surface area (Å²) in [6, 6.07) is 10.6. The number of sulfonamides is 1. The number of aromatic nitrogens is 2. The van der Waals surface area contributed by atoms with Gasteiger partial charge in [-0.05, 0) is 30.7 Å². The summed E-state index contributed by atoms with van der Waals surface area (Å²) in [5, 5.41) is 2.76. The van der Waals surface area contributed by atoms with Crippen LogP contribution in [0.15, 0.2) is 59.1 Å². The van der Waals surface area contributed by atoms with Crippen LogP contribution in [0, 0.1) is 6.92 Å². The number of ether oxygens (including phenoxy) is 1. The molecule has 0 bridgehead atoms. The third kappa shape index (κ3) is 4.87. The van der Waals surface area contributed by atoms with E-state index >= 15 is 0 Å². The second kappa shape index (κ2) is 8.39. The quantitative estimate of drug-likeness (QED) is 0.641. The van der Waals surface area contributed by atoms with Gasteiger partial charge in [0.1, 0.15) is 17.4 Å². The van der Waals surface area contributed by atoms with E-state index < -0.39 is 10.0 Å². The summed E-state index contributed by atoms with van der Waals surface area (Å²) in [5.74, 6) is 0.690. The number of thiazole rings is 1. The predicted octanol–water partition coefficient (Wildman–Crippen LogP) is 2.95. The van der Waals surface area contributed by atoms with Gasteiger partial charge in [0, 0.05) is 24.5 Å².